The van der Waals surface area contributed by atoms with Crippen LogP contribution in [0.25, 0.3) is 11.5 Å². The molecule has 0 fully saturated rings. The van der Waals surface area contributed by atoms with Crippen LogP contribution in [-0.4, -0.2) is 15.2 Å². The van der Waals surface area contributed by atoms with Crippen molar-refractivity contribution < 1.29 is 13.6 Å². The van der Waals surface area contributed by atoms with Crippen LogP contribution in [-0.2, 0) is 12.4 Å². The van der Waals surface area contributed by atoms with Crippen LogP contribution in [0.3, 0.4) is 0 Å². The van der Waals surface area contributed by atoms with Crippen molar-refractivity contribution in [2.45, 2.75) is 31.4 Å². The number of hydrogen-bond donors (Lipinski definition) is 0. The van der Waals surface area contributed by atoms with E-state index in [0.29, 0.717) is 22.8 Å². The molecule has 28 heavy (non-hydrogen) atoms. The second kappa shape index (κ2) is 8.31. The molecule has 2 heterocycles. The predicted octanol–water partition coefficient (Wildman–Crippen LogP) is 5.21. The molecule has 2 aromatic heterocycles. The summed E-state index contributed by atoms with van der Waals surface area (Å²) in [6, 6.07) is 15.9. The van der Waals surface area contributed by atoms with Crippen LogP contribution in [0.2, 0.25) is 0 Å². The minimum absolute atomic E-state index is 0.236. The Hall–Kier alpha value is -3.06. The highest BCUT2D eigenvalue weighted by Crippen LogP contribution is 2.25. The topological polar surface area (TPSA) is 74.2 Å². The third kappa shape index (κ3) is 4.43. The maximum atomic E-state index is 5.80. The largest absolute Gasteiger partial charge is 0.484 e. The lowest BCUT2D eigenvalue weighted by atomic mass is 10.1. The molecule has 7 heteroatoms. The van der Waals surface area contributed by atoms with Gasteiger partial charge in [0.2, 0.25) is 5.89 Å². The highest BCUT2D eigenvalue weighted by atomic mass is 32.2. The number of aryl methyl sites for hydroxylation is 2. The van der Waals surface area contributed by atoms with Gasteiger partial charge in [0.1, 0.15) is 12.0 Å². The lowest BCUT2D eigenvalue weighted by Gasteiger charge is -2.07. The van der Waals surface area contributed by atoms with Crippen molar-refractivity contribution in [2.24, 2.45) is 0 Å². The third-order valence-corrected chi connectivity index (χ3v) is 4.91. The molecule has 0 amide bonds. The van der Waals surface area contributed by atoms with E-state index in [9.17, 15) is 0 Å². The van der Waals surface area contributed by atoms with Crippen molar-refractivity contribution in [1.82, 2.24) is 15.2 Å². The van der Waals surface area contributed by atoms with E-state index < -0.39 is 0 Å². The van der Waals surface area contributed by atoms with E-state index in [4.69, 9.17) is 13.6 Å². The van der Waals surface area contributed by atoms with Gasteiger partial charge in [-0.05, 0) is 43.2 Å². The van der Waals surface area contributed by atoms with Gasteiger partial charge in [-0.3, -0.25) is 0 Å². The Morgan fingerprint density at radius 1 is 1.04 bits per heavy atom. The second-order valence-electron chi connectivity index (χ2n) is 6.32. The molecule has 4 rings (SSSR count). The van der Waals surface area contributed by atoms with Gasteiger partial charge in [0.15, 0.2) is 6.61 Å². The second-order valence-corrected chi connectivity index (χ2v) is 7.24. The lowest BCUT2D eigenvalue weighted by molar-refractivity contribution is 0.250. The summed E-state index contributed by atoms with van der Waals surface area (Å²) in [6.45, 7) is 4.27. The Morgan fingerprint density at radius 3 is 2.75 bits per heavy atom. The minimum Gasteiger partial charge on any atom is -0.484 e. The minimum atomic E-state index is 0.236. The van der Waals surface area contributed by atoms with Crippen molar-refractivity contribution in [3.05, 3.63) is 77.5 Å². The Labute approximate surface area is 167 Å². The molecule has 0 spiro atoms. The van der Waals surface area contributed by atoms with Crippen molar-refractivity contribution in [1.29, 1.82) is 0 Å². The number of oxazole rings is 1. The quantitative estimate of drug-likeness (QED) is 0.399. The van der Waals surface area contributed by atoms with Gasteiger partial charge in [0, 0.05) is 11.3 Å². The fourth-order valence-electron chi connectivity index (χ4n) is 2.58. The molecule has 0 saturated carbocycles. The van der Waals surface area contributed by atoms with E-state index in [2.05, 4.69) is 21.2 Å². The first-order valence-electron chi connectivity index (χ1n) is 8.82. The van der Waals surface area contributed by atoms with Crippen LogP contribution >= 0.6 is 11.8 Å². The number of ether oxygens (including phenoxy) is 1. The molecule has 0 N–H and O–H groups in total. The normalized spacial score (nSPS) is 10.9. The summed E-state index contributed by atoms with van der Waals surface area (Å²) in [7, 11) is 0. The molecule has 0 radical (unpaired) electrons. The van der Waals surface area contributed by atoms with Gasteiger partial charge in [0.05, 0.1) is 5.69 Å². The van der Waals surface area contributed by atoms with E-state index in [0.717, 1.165) is 28.1 Å². The van der Waals surface area contributed by atoms with Gasteiger partial charge in [0.25, 0.3) is 11.1 Å². The molecule has 0 aliphatic carbocycles. The molecule has 4 aromatic rings. The zero-order chi connectivity index (χ0) is 19.3. The average Bonchev–Trinajstić information content (AvgIpc) is 3.37. The molecule has 0 atom stereocenters. The third-order valence-electron chi connectivity index (χ3n) is 4.06. The van der Waals surface area contributed by atoms with Gasteiger partial charge in [-0.2, -0.15) is 0 Å². The number of thioether (sulfide) groups is 1. The first-order valence-corrected chi connectivity index (χ1v) is 9.81. The van der Waals surface area contributed by atoms with E-state index in [1.165, 1.54) is 11.8 Å². The molecule has 0 aliphatic rings. The van der Waals surface area contributed by atoms with Crippen LogP contribution < -0.4 is 4.74 Å². The Kier molecular flexibility index (Phi) is 5.43. The highest BCUT2D eigenvalue weighted by Gasteiger charge is 2.11. The van der Waals surface area contributed by atoms with E-state index in [1.54, 1.807) is 6.26 Å². The Morgan fingerprint density at radius 2 is 1.89 bits per heavy atom. The summed E-state index contributed by atoms with van der Waals surface area (Å²) in [4.78, 5) is 4.49. The maximum absolute atomic E-state index is 5.80. The average molecular weight is 393 g/mol. The first kappa shape index (κ1) is 18.3. The summed E-state index contributed by atoms with van der Waals surface area (Å²) < 4.78 is 17.0. The van der Waals surface area contributed by atoms with Crippen molar-refractivity contribution in [3.63, 3.8) is 0 Å². The first-order chi connectivity index (χ1) is 13.7. The summed E-state index contributed by atoms with van der Waals surface area (Å²) in [5.41, 5.74) is 3.97. The monoisotopic (exact) mass is 393 g/mol. The van der Waals surface area contributed by atoms with Crippen molar-refractivity contribution >= 4 is 11.8 Å². The molecule has 2 aromatic carbocycles. The van der Waals surface area contributed by atoms with Gasteiger partial charge in [-0.15, -0.1) is 10.2 Å². The number of aromatic nitrogens is 3. The molecule has 0 saturated heterocycles. The number of rotatable bonds is 7. The maximum Gasteiger partial charge on any atom is 0.277 e. The van der Waals surface area contributed by atoms with Crippen LogP contribution in [0.5, 0.6) is 5.75 Å². The van der Waals surface area contributed by atoms with Crippen molar-refractivity contribution in [3.8, 4) is 17.2 Å². The predicted molar refractivity (Wildman–Crippen MR) is 106 cm³/mol. The molecular weight excluding hydrogens is 374 g/mol. The van der Waals surface area contributed by atoms with Crippen LogP contribution in [0.4, 0.5) is 0 Å². The smallest absolute Gasteiger partial charge is 0.277 e. The molecule has 0 bridgehead atoms. The SMILES string of the molecule is Cc1ccc(C)c(OCc2nnc(SCc3coc(-c4ccccc4)n3)o2)c1. The van der Waals surface area contributed by atoms with Crippen LogP contribution in [0.15, 0.2) is 68.9 Å². The number of nitrogens with zero attached hydrogens (tertiary/aromatic N) is 3. The van der Waals surface area contributed by atoms with Gasteiger partial charge < -0.3 is 13.6 Å². The van der Waals surface area contributed by atoms with Gasteiger partial charge in [-0.1, -0.05) is 42.1 Å². The van der Waals surface area contributed by atoms with E-state index >= 15 is 0 Å². The Bertz CT molecular complexity index is 1060. The molecule has 0 aliphatic heterocycles. The van der Waals surface area contributed by atoms with Crippen molar-refractivity contribution in [2.75, 3.05) is 0 Å². The van der Waals surface area contributed by atoms with E-state index in [-0.39, 0.29) is 6.61 Å². The summed E-state index contributed by atoms with van der Waals surface area (Å²) in [5.74, 6) is 2.44. The van der Waals surface area contributed by atoms with Crippen LogP contribution in [0.1, 0.15) is 22.7 Å². The molecule has 142 valence electrons. The fraction of sp³-hybridized carbons (Fsp3) is 0.190. The fourth-order valence-corrected chi connectivity index (χ4v) is 3.24. The van der Waals surface area contributed by atoms with E-state index in [1.807, 2.05) is 56.3 Å². The van der Waals surface area contributed by atoms with Gasteiger partial charge in [-0.25, -0.2) is 4.98 Å². The summed E-state index contributed by atoms with van der Waals surface area (Å²) in [5, 5.41) is 8.57. The highest BCUT2D eigenvalue weighted by molar-refractivity contribution is 7.98. The summed E-state index contributed by atoms with van der Waals surface area (Å²) >= 11 is 1.41. The number of benzene rings is 2. The standard InChI is InChI=1S/C21H19N3O3S/c1-14-8-9-15(2)18(10-14)25-12-19-23-24-21(27-19)28-13-17-11-26-20(22-17)16-6-4-3-5-7-16/h3-11H,12-13H2,1-2H3. The van der Waals surface area contributed by atoms with Gasteiger partial charge >= 0.3 is 0 Å². The van der Waals surface area contributed by atoms with Crippen LogP contribution in [0, 0.1) is 13.8 Å². The summed E-state index contributed by atoms with van der Waals surface area (Å²) in [6.07, 6.45) is 1.65. The number of hydrogen-bond acceptors (Lipinski definition) is 7. The zero-order valence-corrected chi connectivity index (χ0v) is 16.4. The molecular formula is C21H19N3O3S. The lowest BCUT2D eigenvalue weighted by Crippen LogP contribution is -1.97. The Balaban J connectivity index is 1.33. The zero-order valence-electron chi connectivity index (χ0n) is 15.6. The molecule has 0 unspecified atom stereocenters. The molecule has 6 nitrogen and oxygen atoms in total.